The van der Waals surface area contributed by atoms with Gasteiger partial charge in [0.05, 0.1) is 6.61 Å². The summed E-state index contributed by atoms with van der Waals surface area (Å²) in [6.45, 7) is 0.0675. The van der Waals surface area contributed by atoms with Crippen LogP contribution in [0.4, 0.5) is 4.39 Å². The predicted octanol–water partition coefficient (Wildman–Crippen LogP) is 0.284. The van der Waals surface area contributed by atoms with Gasteiger partial charge in [-0.3, -0.25) is 0 Å². The Bertz CT molecular complexity index is 82.4. The summed E-state index contributed by atoms with van der Waals surface area (Å²) < 4.78 is 14.6. The summed E-state index contributed by atoms with van der Waals surface area (Å²) in [7, 11) is 0. The molecule has 1 aliphatic rings. The van der Waals surface area contributed by atoms with Crippen LogP contribution in [0.15, 0.2) is 0 Å². The van der Waals surface area contributed by atoms with Crippen LogP contribution in [-0.2, 0) is 0 Å². The maximum absolute atomic E-state index is 12.1. The van der Waals surface area contributed by atoms with Crippen LogP contribution in [0.25, 0.3) is 0 Å². The number of hydrogen-bond donors (Lipinski definition) is 2. The molecule has 0 aromatic carbocycles. The maximum atomic E-state index is 12.1. The van der Waals surface area contributed by atoms with Gasteiger partial charge in [0, 0.05) is 11.7 Å². The Morgan fingerprint density at radius 3 is 2.88 bits per heavy atom. The lowest BCUT2D eigenvalue weighted by Gasteiger charge is -1.96. The largest absolute Gasteiger partial charge is 0.395 e. The molecule has 0 amide bonds. The molecule has 2 N–H and O–H groups in total. The van der Waals surface area contributed by atoms with Crippen LogP contribution in [0.2, 0.25) is 0 Å². The van der Waals surface area contributed by atoms with Gasteiger partial charge in [0.1, 0.15) is 0 Å². The normalized spacial score (nSPS) is 38.2. The van der Waals surface area contributed by atoms with Gasteiger partial charge in [0.2, 0.25) is 0 Å². The van der Waals surface area contributed by atoms with Gasteiger partial charge >= 0.3 is 0 Å². The number of alkyl halides is 1. The van der Waals surface area contributed by atoms with Crippen LogP contribution in [0.5, 0.6) is 0 Å². The number of nitrogens with one attached hydrogen (secondary N) is 1. The molecular weight excluding hydrogens is 129 g/mol. The van der Waals surface area contributed by atoms with Crippen LogP contribution >= 0.6 is 11.9 Å². The molecule has 48 valence electrons. The fourth-order valence-corrected chi connectivity index (χ4v) is 1.38. The minimum atomic E-state index is -0.919. The van der Waals surface area contributed by atoms with Crippen molar-refractivity contribution in [1.29, 1.82) is 0 Å². The van der Waals surface area contributed by atoms with E-state index in [1.54, 1.807) is 0 Å². The van der Waals surface area contributed by atoms with Crippen LogP contribution in [0.3, 0.4) is 0 Å². The summed E-state index contributed by atoms with van der Waals surface area (Å²) in [4.78, 5) is 0. The van der Waals surface area contributed by atoms with E-state index in [1.807, 2.05) is 0 Å². The zero-order valence-electron chi connectivity index (χ0n) is 4.30. The summed E-state index contributed by atoms with van der Waals surface area (Å²) in [5, 5.41) is 8.52. The van der Waals surface area contributed by atoms with E-state index in [0.717, 1.165) is 0 Å². The van der Waals surface area contributed by atoms with E-state index >= 15 is 0 Å². The van der Waals surface area contributed by atoms with Crippen molar-refractivity contribution >= 4 is 11.9 Å². The van der Waals surface area contributed by atoms with Crippen molar-refractivity contribution in [3.8, 4) is 0 Å². The quantitative estimate of drug-likeness (QED) is 0.402. The Kier molecular flexibility index (Phi) is 2.10. The highest BCUT2D eigenvalue weighted by atomic mass is 32.2. The second kappa shape index (κ2) is 2.66. The molecule has 0 aromatic heterocycles. The molecule has 8 heavy (non-hydrogen) atoms. The third-order valence-electron chi connectivity index (χ3n) is 1.04. The van der Waals surface area contributed by atoms with Gasteiger partial charge in [0.25, 0.3) is 0 Å². The van der Waals surface area contributed by atoms with Crippen LogP contribution in [-0.4, -0.2) is 23.3 Å². The average Bonchev–Trinajstić information content (AvgIpc) is 2.14. The molecule has 1 saturated heterocycles. The van der Waals surface area contributed by atoms with Gasteiger partial charge in [-0.2, -0.15) is 0 Å². The van der Waals surface area contributed by atoms with E-state index in [4.69, 9.17) is 5.11 Å². The van der Waals surface area contributed by atoms with E-state index in [2.05, 4.69) is 4.72 Å². The first-order valence-corrected chi connectivity index (χ1v) is 3.37. The van der Waals surface area contributed by atoms with Gasteiger partial charge in [-0.05, 0) is 0 Å². The minimum absolute atomic E-state index is 0.0602. The molecule has 1 fully saturated rings. The molecule has 0 aliphatic carbocycles. The van der Waals surface area contributed by atoms with Crippen molar-refractivity contribution in [3.05, 3.63) is 0 Å². The fraction of sp³-hybridized carbons (Fsp3) is 1.00. The molecule has 0 bridgehead atoms. The summed E-state index contributed by atoms with van der Waals surface area (Å²) in [6, 6.07) is 0. The Hall–Kier alpha value is 0.200. The van der Waals surface area contributed by atoms with Crippen LogP contribution in [0.1, 0.15) is 6.42 Å². The predicted molar refractivity (Wildman–Crippen MR) is 31.1 cm³/mol. The molecule has 2 nitrogen and oxygen atoms in total. The zero-order valence-corrected chi connectivity index (χ0v) is 5.12. The van der Waals surface area contributed by atoms with Crippen molar-refractivity contribution < 1.29 is 9.50 Å². The lowest BCUT2D eigenvalue weighted by atomic mass is 10.3. The van der Waals surface area contributed by atoms with Crippen molar-refractivity contribution in [2.45, 2.75) is 18.0 Å². The SMILES string of the molecule is OCC1C[C@H](F)NS1. The molecule has 0 saturated carbocycles. The summed E-state index contributed by atoms with van der Waals surface area (Å²) in [6.07, 6.45) is -0.488. The monoisotopic (exact) mass is 137 g/mol. The summed E-state index contributed by atoms with van der Waals surface area (Å²) in [5.41, 5.74) is 0. The smallest absolute Gasteiger partial charge is 0.161 e. The molecule has 1 unspecified atom stereocenters. The Balaban J connectivity index is 2.22. The number of aliphatic hydroxyl groups excluding tert-OH is 1. The highest BCUT2D eigenvalue weighted by Gasteiger charge is 2.23. The maximum Gasteiger partial charge on any atom is 0.161 e. The van der Waals surface area contributed by atoms with E-state index in [9.17, 15) is 4.39 Å². The van der Waals surface area contributed by atoms with Gasteiger partial charge < -0.3 is 5.11 Å². The first-order valence-electron chi connectivity index (χ1n) is 2.49. The minimum Gasteiger partial charge on any atom is -0.395 e. The van der Waals surface area contributed by atoms with Gasteiger partial charge in [0.15, 0.2) is 6.30 Å². The van der Waals surface area contributed by atoms with E-state index in [0.29, 0.717) is 6.42 Å². The molecule has 2 atom stereocenters. The summed E-state index contributed by atoms with van der Waals surface area (Å²) in [5.74, 6) is 0. The van der Waals surface area contributed by atoms with Crippen molar-refractivity contribution in [1.82, 2.24) is 4.72 Å². The molecule has 1 aliphatic heterocycles. The van der Waals surface area contributed by atoms with E-state index < -0.39 is 6.30 Å². The highest BCUT2D eigenvalue weighted by Crippen LogP contribution is 2.22. The molecule has 0 radical (unpaired) electrons. The lowest BCUT2D eigenvalue weighted by molar-refractivity contribution is 0.261. The Labute approximate surface area is 51.6 Å². The van der Waals surface area contributed by atoms with Crippen molar-refractivity contribution in [2.75, 3.05) is 6.61 Å². The molecule has 0 spiro atoms. The Morgan fingerprint density at radius 1 is 1.88 bits per heavy atom. The standard InChI is InChI=1S/C4H8FNOS/c5-4-1-3(2-7)8-6-4/h3-4,6-7H,1-2H2/t3?,4-/m1/s1. The van der Waals surface area contributed by atoms with E-state index in [1.165, 1.54) is 11.9 Å². The molecule has 0 aromatic rings. The van der Waals surface area contributed by atoms with Gasteiger partial charge in [-0.15, -0.1) is 0 Å². The average molecular weight is 137 g/mol. The lowest BCUT2D eigenvalue weighted by Crippen LogP contribution is -2.08. The van der Waals surface area contributed by atoms with Crippen LogP contribution < -0.4 is 4.72 Å². The number of rotatable bonds is 1. The Morgan fingerprint density at radius 2 is 2.62 bits per heavy atom. The fourth-order valence-electron chi connectivity index (χ4n) is 0.609. The topological polar surface area (TPSA) is 32.3 Å². The second-order valence-electron chi connectivity index (χ2n) is 1.74. The van der Waals surface area contributed by atoms with E-state index in [-0.39, 0.29) is 11.9 Å². The molecule has 4 heteroatoms. The first-order chi connectivity index (χ1) is 3.83. The first kappa shape index (κ1) is 6.32. The molecule has 1 rings (SSSR count). The molecular formula is C4H8FNOS. The number of aliphatic hydroxyl groups is 1. The van der Waals surface area contributed by atoms with Gasteiger partial charge in [-0.25, -0.2) is 9.11 Å². The van der Waals surface area contributed by atoms with Crippen molar-refractivity contribution in [2.24, 2.45) is 0 Å². The van der Waals surface area contributed by atoms with Gasteiger partial charge in [-0.1, -0.05) is 11.9 Å². The summed E-state index contributed by atoms with van der Waals surface area (Å²) >= 11 is 1.28. The molecule has 1 heterocycles. The third-order valence-corrected chi connectivity index (χ3v) is 2.10. The second-order valence-corrected chi connectivity index (χ2v) is 2.88. The number of hydrogen-bond acceptors (Lipinski definition) is 3. The van der Waals surface area contributed by atoms with Crippen molar-refractivity contribution in [3.63, 3.8) is 0 Å². The van der Waals surface area contributed by atoms with Crippen LogP contribution in [0, 0.1) is 0 Å². The highest BCUT2D eigenvalue weighted by molar-refractivity contribution is 7.98. The zero-order chi connectivity index (χ0) is 5.98. The third kappa shape index (κ3) is 1.34. The number of halogens is 1.